The average Bonchev–Trinajstić information content (AvgIpc) is 3.29. The predicted molar refractivity (Wildman–Crippen MR) is 136 cm³/mol. The van der Waals surface area contributed by atoms with Gasteiger partial charge in [-0.1, -0.05) is 18.6 Å². The molecule has 5 rings (SSSR count). The van der Waals surface area contributed by atoms with Crippen LogP contribution in [0.4, 0.5) is 5.69 Å². The summed E-state index contributed by atoms with van der Waals surface area (Å²) >= 11 is 0. The molecule has 2 aromatic rings. The Balaban J connectivity index is 1.37. The number of likely N-dealkylation sites (tertiary alicyclic amines) is 1. The van der Waals surface area contributed by atoms with E-state index in [4.69, 9.17) is 4.74 Å². The number of benzene rings is 2. The molecule has 0 spiro atoms. The molecule has 2 fully saturated rings. The molecule has 1 amide bonds. The monoisotopic (exact) mass is 496 g/mol. The summed E-state index contributed by atoms with van der Waals surface area (Å²) in [6.45, 7) is 3.12. The van der Waals surface area contributed by atoms with Crippen LogP contribution in [-0.4, -0.2) is 58.3 Å². The first-order valence-electron chi connectivity index (χ1n) is 12.4. The molecule has 1 atom stereocenters. The highest BCUT2D eigenvalue weighted by atomic mass is 32.2. The summed E-state index contributed by atoms with van der Waals surface area (Å²) in [5.41, 5.74) is 2.04. The number of sulfonamides is 1. The lowest BCUT2D eigenvalue weighted by Crippen LogP contribution is -2.37. The van der Waals surface area contributed by atoms with E-state index in [2.05, 4.69) is 20.7 Å². The maximum absolute atomic E-state index is 13.2. The molecule has 3 aliphatic heterocycles. The fourth-order valence-electron chi connectivity index (χ4n) is 5.27. The van der Waals surface area contributed by atoms with Gasteiger partial charge < -0.3 is 15.0 Å². The van der Waals surface area contributed by atoms with Crippen molar-refractivity contribution < 1.29 is 17.9 Å². The van der Waals surface area contributed by atoms with Crippen LogP contribution in [-0.2, 0) is 10.0 Å². The fourth-order valence-corrected chi connectivity index (χ4v) is 6.56. The van der Waals surface area contributed by atoms with Crippen LogP contribution in [0, 0.1) is 0 Å². The van der Waals surface area contributed by atoms with Gasteiger partial charge in [0.1, 0.15) is 16.5 Å². The summed E-state index contributed by atoms with van der Waals surface area (Å²) in [5.74, 6) is 1.10. The quantitative estimate of drug-likeness (QED) is 0.655. The number of nitrogens with zero attached hydrogens (tertiary/aromatic N) is 3. The van der Waals surface area contributed by atoms with E-state index in [0.29, 0.717) is 30.1 Å². The van der Waals surface area contributed by atoms with Gasteiger partial charge in [-0.2, -0.15) is 8.42 Å². The van der Waals surface area contributed by atoms with Crippen LogP contribution in [0.25, 0.3) is 0 Å². The number of rotatable bonds is 6. The minimum Gasteiger partial charge on any atom is -0.497 e. The lowest BCUT2D eigenvalue weighted by atomic mass is 10.0. The Kier molecular flexibility index (Phi) is 6.80. The van der Waals surface area contributed by atoms with Crippen molar-refractivity contribution in [3.63, 3.8) is 0 Å². The van der Waals surface area contributed by atoms with E-state index in [1.54, 1.807) is 19.2 Å². The van der Waals surface area contributed by atoms with Crippen molar-refractivity contribution in [3.05, 3.63) is 53.6 Å². The van der Waals surface area contributed by atoms with E-state index >= 15 is 0 Å². The molecule has 9 heteroatoms. The number of ether oxygens (including phenoxy) is 1. The first-order chi connectivity index (χ1) is 17.0. The molecule has 0 bridgehead atoms. The second-order valence-corrected chi connectivity index (χ2v) is 10.9. The van der Waals surface area contributed by atoms with Crippen LogP contribution < -0.4 is 15.0 Å². The third-order valence-corrected chi connectivity index (χ3v) is 8.46. The number of hydrogen-bond donors (Lipinski definition) is 1. The van der Waals surface area contributed by atoms with Crippen molar-refractivity contribution in [2.75, 3.05) is 38.2 Å². The van der Waals surface area contributed by atoms with Crippen molar-refractivity contribution in [2.45, 2.75) is 49.5 Å². The maximum atomic E-state index is 13.2. The van der Waals surface area contributed by atoms with Crippen molar-refractivity contribution in [2.24, 2.45) is 4.40 Å². The van der Waals surface area contributed by atoms with Gasteiger partial charge in [-0.25, -0.2) is 0 Å². The number of amides is 1. The molecular formula is C26H32N4O4S. The molecular weight excluding hydrogens is 464 g/mol. The van der Waals surface area contributed by atoms with Gasteiger partial charge in [0.25, 0.3) is 15.9 Å². The molecule has 2 aromatic carbocycles. The number of carbonyl (C=O) groups is 1. The van der Waals surface area contributed by atoms with Gasteiger partial charge in [0, 0.05) is 25.1 Å². The molecule has 0 aliphatic carbocycles. The van der Waals surface area contributed by atoms with Crippen LogP contribution in [0.1, 0.15) is 60.5 Å². The highest BCUT2D eigenvalue weighted by Gasteiger charge is 2.32. The van der Waals surface area contributed by atoms with Crippen LogP contribution in [0.3, 0.4) is 0 Å². The number of nitrogens with one attached hydrogen (secondary N) is 1. The Labute approximate surface area is 207 Å². The summed E-state index contributed by atoms with van der Waals surface area (Å²) in [7, 11) is -2.19. The molecule has 3 heterocycles. The summed E-state index contributed by atoms with van der Waals surface area (Å²) < 4.78 is 35.4. The second kappa shape index (κ2) is 9.99. The molecule has 0 aromatic heterocycles. The summed E-state index contributed by atoms with van der Waals surface area (Å²) in [6, 6.07) is 12.9. The summed E-state index contributed by atoms with van der Waals surface area (Å²) in [4.78, 5) is 17.6. The Bertz CT molecular complexity index is 1240. The standard InChI is InChI=1S/C26H32N4O4S/c1-34-21-9-7-8-19(16-21)23(29-13-5-6-14-29)18-27-26(31)20-11-12-22-24(17-20)35(32,33)28-25-10-3-2-4-15-30(22)25/h7-9,11-12,16-17,23H,2-6,10,13-15,18H2,1H3,(H,27,31)/t23-/m0/s1. The zero-order chi connectivity index (χ0) is 24.4. The van der Waals surface area contributed by atoms with Crippen LogP contribution in [0.5, 0.6) is 5.75 Å². The van der Waals surface area contributed by atoms with Crippen molar-refractivity contribution in [1.82, 2.24) is 10.2 Å². The van der Waals surface area contributed by atoms with Gasteiger partial charge >= 0.3 is 0 Å². The minimum atomic E-state index is -3.84. The Morgan fingerprint density at radius 3 is 2.66 bits per heavy atom. The van der Waals surface area contributed by atoms with Gasteiger partial charge in [0.05, 0.1) is 18.8 Å². The number of fused-ring (bicyclic) bond motifs is 3. The largest absolute Gasteiger partial charge is 0.497 e. The number of carbonyl (C=O) groups excluding carboxylic acids is 1. The second-order valence-electron chi connectivity index (χ2n) is 9.37. The van der Waals surface area contributed by atoms with Crippen molar-refractivity contribution >= 4 is 27.5 Å². The molecule has 0 radical (unpaired) electrons. The van der Waals surface area contributed by atoms with E-state index in [1.165, 1.54) is 6.07 Å². The van der Waals surface area contributed by atoms with Gasteiger partial charge in [0.15, 0.2) is 0 Å². The minimum absolute atomic E-state index is 0.0159. The van der Waals surface area contributed by atoms with E-state index in [0.717, 1.165) is 63.1 Å². The fraction of sp³-hybridized carbons (Fsp3) is 0.462. The third-order valence-electron chi connectivity index (χ3n) is 7.13. The van der Waals surface area contributed by atoms with Crippen molar-refractivity contribution in [1.29, 1.82) is 0 Å². The van der Waals surface area contributed by atoms with Gasteiger partial charge in [0.2, 0.25) is 0 Å². The molecule has 1 N–H and O–H groups in total. The van der Waals surface area contributed by atoms with E-state index in [9.17, 15) is 13.2 Å². The summed E-state index contributed by atoms with van der Waals surface area (Å²) in [5, 5.41) is 3.05. The van der Waals surface area contributed by atoms with Crippen LogP contribution in [0.15, 0.2) is 51.8 Å². The predicted octanol–water partition coefficient (Wildman–Crippen LogP) is 3.74. The topological polar surface area (TPSA) is 91.3 Å². The van der Waals surface area contributed by atoms with Gasteiger partial charge in [-0.15, -0.1) is 4.40 Å². The normalized spacial score (nSPS) is 20.3. The van der Waals surface area contributed by atoms with Crippen molar-refractivity contribution in [3.8, 4) is 5.75 Å². The molecule has 8 nitrogen and oxygen atoms in total. The van der Waals surface area contributed by atoms with Gasteiger partial charge in [-0.05, 0) is 74.7 Å². The molecule has 0 saturated carbocycles. The Hall–Kier alpha value is -2.91. The molecule has 186 valence electrons. The number of hydrogen-bond acceptors (Lipinski definition) is 6. The molecule has 35 heavy (non-hydrogen) atoms. The highest BCUT2D eigenvalue weighted by molar-refractivity contribution is 7.90. The third kappa shape index (κ3) is 4.92. The number of anilines is 1. The molecule has 0 unspecified atom stereocenters. The summed E-state index contributed by atoms with van der Waals surface area (Å²) in [6.07, 6.45) is 5.90. The maximum Gasteiger partial charge on any atom is 0.286 e. The smallest absolute Gasteiger partial charge is 0.286 e. The SMILES string of the molecule is COc1cccc([C@H](CNC(=O)c2ccc3c(c2)S(=O)(=O)N=C2CCCCCN23)N2CCCC2)c1. The molecule has 3 aliphatic rings. The molecule has 2 saturated heterocycles. The highest BCUT2D eigenvalue weighted by Crippen LogP contribution is 2.35. The van der Waals surface area contributed by atoms with Crippen LogP contribution >= 0.6 is 0 Å². The average molecular weight is 497 g/mol. The number of methoxy groups -OCH3 is 1. The Morgan fingerprint density at radius 1 is 1.06 bits per heavy atom. The zero-order valence-electron chi connectivity index (χ0n) is 20.1. The van der Waals surface area contributed by atoms with Crippen LogP contribution in [0.2, 0.25) is 0 Å². The lowest BCUT2D eigenvalue weighted by molar-refractivity contribution is 0.0937. The zero-order valence-corrected chi connectivity index (χ0v) is 20.9. The van der Waals surface area contributed by atoms with Gasteiger partial charge in [-0.3, -0.25) is 9.69 Å². The Morgan fingerprint density at radius 2 is 1.86 bits per heavy atom. The van der Waals surface area contributed by atoms with E-state index < -0.39 is 10.0 Å². The lowest BCUT2D eigenvalue weighted by Gasteiger charge is -2.30. The first-order valence-corrected chi connectivity index (χ1v) is 13.8. The number of amidine groups is 1. The first kappa shape index (κ1) is 23.8. The van der Waals surface area contributed by atoms with E-state index in [1.807, 2.05) is 23.1 Å². The van der Waals surface area contributed by atoms with E-state index in [-0.39, 0.29) is 16.8 Å².